The lowest BCUT2D eigenvalue weighted by Gasteiger charge is -2.53. The van der Waals surface area contributed by atoms with Gasteiger partial charge in [0.1, 0.15) is 11.4 Å². The largest absolute Gasteiger partial charge is 0.508 e. The number of Topliss-reactive ketones (excluding diaryl/α,β-unsaturated/α-hetero) is 1. The number of hydrogen-bond acceptors (Lipinski definition) is 4. The third kappa shape index (κ3) is 2.63. The lowest BCUT2D eigenvalue weighted by molar-refractivity contribution is -0.0861. The van der Waals surface area contributed by atoms with Gasteiger partial charge >= 0.3 is 0 Å². The van der Waals surface area contributed by atoms with Crippen LogP contribution in [0.15, 0.2) is 48.5 Å². The van der Waals surface area contributed by atoms with E-state index in [0.29, 0.717) is 29.6 Å². The number of fused-ring (bicyclic) bond motifs is 5. The number of phenolic OH excluding ortho intramolecular Hbond substituents is 1. The van der Waals surface area contributed by atoms with Gasteiger partial charge in [-0.15, -0.1) is 0 Å². The van der Waals surface area contributed by atoms with Crippen LogP contribution in [-0.2, 0) is 11.2 Å². The van der Waals surface area contributed by atoms with Gasteiger partial charge in [0.05, 0.1) is 6.10 Å². The Kier molecular flexibility index (Phi) is 4.57. The molecule has 0 saturated heterocycles. The quantitative estimate of drug-likeness (QED) is 0.737. The molecule has 0 radical (unpaired) electrons. The number of carbonyl (C=O) groups is 1. The van der Waals surface area contributed by atoms with Crippen LogP contribution in [0.5, 0.6) is 5.75 Å². The third-order valence-electron chi connectivity index (χ3n) is 8.52. The van der Waals surface area contributed by atoms with Crippen molar-refractivity contribution in [3.05, 3.63) is 65.2 Å². The molecule has 3 aliphatic rings. The summed E-state index contributed by atoms with van der Waals surface area (Å²) in [6, 6.07) is 14.9. The van der Waals surface area contributed by atoms with Crippen LogP contribution in [0.25, 0.3) is 0 Å². The predicted octanol–water partition coefficient (Wildman–Crippen LogP) is 4.49. The van der Waals surface area contributed by atoms with E-state index in [1.807, 2.05) is 24.3 Å². The summed E-state index contributed by atoms with van der Waals surface area (Å²) < 4.78 is 5.93. The Morgan fingerprint density at radius 3 is 2.63 bits per heavy atom. The molecule has 2 unspecified atom stereocenters. The van der Waals surface area contributed by atoms with Gasteiger partial charge in [-0.2, -0.15) is 0 Å². The minimum atomic E-state index is -1.42. The van der Waals surface area contributed by atoms with Gasteiger partial charge in [-0.25, -0.2) is 0 Å². The van der Waals surface area contributed by atoms with E-state index < -0.39 is 11.0 Å². The standard InChI is InChI=1S/C26H30O4/c1-25-13-12-20-19-11-9-18(27)14-17(19)8-10-21(20)23(25)22(30-2)15-26(25,29)24(28)16-6-4-3-5-7-16/h3-7,9,11,14,20-23,27,29H,8,10,12-13,15H2,1-2H3/t20-,21-,22?,23-,25+,26?/m1/s1. The fourth-order valence-electron chi connectivity index (χ4n) is 7.05. The van der Waals surface area contributed by atoms with E-state index in [0.717, 1.165) is 25.7 Å². The van der Waals surface area contributed by atoms with E-state index in [9.17, 15) is 15.0 Å². The van der Waals surface area contributed by atoms with E-state index in [2.05, 4.69) is 13.0 Å². The molecule has 30 heavy (non-hydrogen) atoms. The van der Waals surface area contributed by atoms with Gasteiger partial charge in [0.2, 0.25) is 0 Å². The fourth-order valence-corrected chi connectivity index (χ4v) is 7.05. The zero-order valence-electron chi connectivity index (χ0n) is 17.7. The molecule has 3 aliphatic carbocycles. The summed E-state index contributed by atoms with van der Waals surface area (Å²) in [5, 5.41) is 21.8. The summed E-state index contributed by atoms with van der Waals surface area (Å²) in [4.78, 5) is 13.6. The van der Waals surface area contributed by atoms with E-state index in [4.69, 9.17) is 4.74 Å². The molecule has 2 aromatic carbocycles. The lowest BCUT2D eigenvalue weighted by Crippen LogP contribution is -2.55. The second-order valence-corrected chi connectivity index (χ2v) is 9.71. The van der Waals surface area contributed by atoms with E-state index >= 15 is 0 Å². The number of methoxy groups -OCH3 is 1. The number of ketones is 1. The van der Waals surface area contributed by atoms with Crippen LogP contribution in [0, 0.1) is 17.3 Å². The Labute approximate surface area is 177 Å². The van der Waals surface area contributed by atoms with Crippen molar-refractivity contribution in [2.24, 2.45) is 17.3 Å². The molecule has 0 bridgehead atoms. The van der Waals surface area contributed by atoms with Crippen LogP contribution < -0.4 is 0 Å². The summed E-state index contributed by atoms with van der Waals surface area (Å²) in [6.07, 6.45) is 3.85. The highest BCUT2D eigenvalue weighted by Gasteiger charge is 2.68. The molecule has 0 spiro atoms. The first-order chi connectivity index (χ1) is 14.4. The van der Waals surface area contributed by atoms with Gasteiger partial charge in [0, 0.05) is 24.5 Å². The Morgan fingerprint density at radius 2 is 1.90 bits per heavy atom. The van der Waals surface area contributed by atoms with Crippen LogP contribution in [-0.4, -0.2) is 34.8 Å². The molecule has 0 aliphatic heterocycles. The predicted molar refractivity (Wildman–Crippen MR) is 115 cm³/mol. The van der Waals surface area contributed by atoms with E-state index in [-0.39, 0.29) is 17.8 Å². The van der Waals surface area contributed by atoms with Gasteiger partial charge in [0.25, 0.3) is 0 Å². The highest BCUT2D eigenvalue weighted by Crippen LogP contribution is 2.65. The number of aryl methyl sites for hydroxylation is 1. The molecule has 2 N–H and O–H groups in total. The normalized spacial score (nSPS) is 37.2. The first-order valence-corrected chi connectivity index (χ1v) is 11.1. The Morgan fingerprint density at radius 1 is 1.13 bits per heavy atom. The minimum Gasteiger partial charge on any atom is -0.508 e. The minimum absolute atomic E-state index is 0.126. The monoisotopic (exact) mass is 406 g/mol. The second kappa shape index (κ2) is 6.93. The molecular weight excluding hydrogens is 376 g/mol. The molecule has 4 heteroatoms. The number of phenols is 1. The molecule has 5 rings (SSSR count). The second-order valence-electron chi connectivity index (χ2n) is 9.71. The van der Waals surface area contributed by atoms with Crippen molar-refractivity contribution < 1.29 is 19.7 Å². The number of carbonyl (C=O) groups excluding carboxylic acids is 1. The highest BCUT2D eigenvalue weighted by molar-refractivity contribution is 6.03. The third-order valence-corrected chi connectivity index (χ3v) is 8.52. The number of aromatic hydroxyl groups is 1. The van der Waals surface area contributed by atoms with E-state index in [1.54, 1.807) is 25.3 Å². The SMILES string of the molecule is COC1CC(O)(C(=O)c2ccccc2)[C@@]2(C)CC[C@@H]3c4ccc(O)cc4CC[C@H]3[C@H]12. The zero-order valence-corrected chi connectivity index (χ0v) is 17.7. The van der Waals surface area contributed by atoms with Crippen molar-refractivity contribution in [1.82, 2.24) is 0 Å². The highest BCUT2D eigenvalue weighted by atomic mass is 16.5. The molecule has 158 valence electrons. The zero-order chi connectivity index (χ0) is 21.1. The number of hydrogen-bond donors (Lipinski definition) is 2. The molecular formula is C26H30O4. The molecule has 6 atom stereocenters. The average Bonchev–Trinajstić information content (AvgIpc) is 3.01. The van der Waals surface area contributed by atoms with Crippen molar-refractivity contribution in [3.8, 4) is 5.75 Å². The topological polar surface area (TPSA) is 66.8 Å². The molecule has 2 aromatic rings. The first-order valence-electron chi connectivity index (χ1n) is 11.1. The summed E-state index contributed by atoms with van der Waals surface area (Å²) in [7, 11) is 1.71. The van der Waals surface area contributed by atoms with Crippen LogP contribution in [0.3, 0.4) is 0 Å². The molecule has 0 aromatic heterocycles. The van der Waals surface area contributed by atoms with Gasteiger partial charge in [-0.05, 0) is 66.7 Å². The van der Waals surface area contributed by atoms with Crippen LogP contribution in [0.1, 0.15) is 60.0 Å². The fraction of sp³-hybridized carbons (Fsp3) is 0.500. The van der Waals surface area contributed by atoms with Crippen molar-refractivity contribution >= 4 is 5.78 Å². The Bertz CT molecular complexity index is 970. The average molecular weight is 407 g/mol. The van der Waals surface area contributed by atoms with Gasteiger partial charge in [-0.1, -0.05) is 43.3 Å². The van der Waals surface area contributed by atoms with Gasteiger partial charge in [-0.3, -0.25) is 4.79 Å². The number of ether oxygens (including phenoxy) is 1. The summed E-state index contributed by atoms with van der Waals surface area (Å²) in [6.45, 7) is 2.11. The first kappa shape index (κ1) is 19.8. The molecule has 2 saturated carbocycles. The van der Waals surface area contributed by atoms with Crippen molar-refractivity contribution in [2.75, 3.05) is 7.11 Å². The van der Waals surface area contributed by atoms with Crippen LogP contribution >= 0.6 is 0 Å². The lowest BCUT2D eigenvalue weighted by atomic mass is 9.52. The maximum atomic E-state index is 13.6. The molecule has 0 amide bonds. The van der Waals surface area contributed by atoms with Gasteiger partial charge < -0.3 is 14.9 Å². The number of benzene rings is 2. The summed E-state index contributed by atoms with van der Waals surface area (Å²) in [5.74, 6) is 1.03. The smallest absolute Gasteiger partial charge is 0.195 e. The molecule has 4 nitrogen and oxygen atoms in total. The van der Waals surface area contributed by atoms with Crippen LogP contribution in [0.2, 0.25) is 0 Å². The molecule has 2 fully saturated rings. The van der Waals surface area contributed by atoms with Gasteiger partial charge in [0.15, 0.2) is 5.78 Å². The summed E-state index contributed by atoms with van der Waals surface area (Å²) in [5.41, 5.74) is 1.20. The maximum absolute atomic E-state index is 13.6. The van der Waals surface area contributed by atoms with Crippen molar-refractivity contribution in [2.45, 2.75) is 56.7 Å². The van der Waals surface area contributed by atoms with Crippen LogP contribution in [0.4, 0.5) is 0 Å². The van der Waals surface area contributed by atoms with E-state index in [1.165, 1.54) is 11.1 Å². The summed E-state index contributed by atoms with van der Waals surface area (Å²) >= 11 is 0. The number of aliphatic hydroxyl groups is 1. The Balaban J connectivity index is 1.55. The number of rotatable bonds is 3. The molecule has 0 heterocycles. The maximum Gasteiger partial charge on any atom is 0.195 e. The Hall–Kier alpha value is -2.17. The van der Waals surface area contributed by atoms with Crippen molar-refractivity contribution in [1.29, 1.82) is 0 Å². The van der Waals surface area contributed by atoms with Crippen molar-refractivity contribution in [3.63, 3.8) is 0 Å².